The van der Waals surface area contributed by atoms with Crippen LogP contribution in [0.1, 0.15) is 66.8 Å². The van der Waals surface area contributed by atoms with Gasteiger partial charge in [-0.2, -0.15) is 0 Å². The van der Waals surface area contributed by atoms with Crippen molar-refractivity contribution in [3.63, 3.8) is 0 Å². The third-order valence-corrected chi connectivity index (χ3v) is 5.11. The molecule has 1 unspecified atom stereocenters. The molecule has 0 aliphatic heterocycles. The minimum atomic E-state index is -2.67. The normalized spacial score (nSPS) is 25.4. The first-order chi connectivity index (χ1) is 10.9. The summed E-state index contributed by atoms with van der Waals surface area (Å²) in [5.41, 5.74) is 6.83. The number of amides is 1. The molecule has 3 rings (SSSR count). The summed E-state index contributed by atoms with van der Waals surface area (Å²) in [6.45, 7) is 0.404. The zero-order valence-corrected chi connectivity index (χ0v) is 13.3. The van der Waals surface area contributed by atoms with Crippen LogP contribution in [0.3, 0.4) is 0 Å². The van der Waals surface area contributed by atoms with Crippen LogP contribution in [-0.2, 0) is 0 Å². The molecule has 1 aromatic rings. The Morgan fingerprint density at radius 3 is 2.39 bits per heavy atom. The van der Waals surface area contributed by atoms with E-state index in [4.69, 9.17) is 5.73 Å². The third kappa shape index (κ3) is 3.71. The average Bonchev–Trinajstić information content (AvgIpc) is 3.22. The predicted octanol–water partition coefficient (Wildman–Crippen LogP) is 3.59. The van der Waals surface area contributed by atoms with Crippen molar-refractivity contribution in [2.45, 2.75) is 62.3 Å². The van der Waals surface area contributed by atoms with Crippen LogP contribution < -0.4 is 11.1 Å². The first-order valence-corrected chi connectivity index (χ1v) is 8.45. The van der Waals surface area contributed by atoms with Crippen LogP contribution in [0.4, 0.5) is 8.78 Å². The summed E-state index contributed by atoms with van der Waals surface area (Å²) in [6, 6.07) is 6.67. The Balaban J connectivity index is 1.67. The molecular weight excluding hydrogens is 298 g/mol. The fraction of sp³-hybridized carbons (Fsp3) is 0.611. The topological polar surface area (TPSA) is 55.1 Å². The number of carbonyl (C=O) groups is 1. The molecule has 5 heteroatoms. The molecule has 1 atom stereocenters. The van der Waals surface area contributed by atoms with Crippen LogP contribution in [-0.4, -0.2) is 23.9 Å². The lowest BCUT2D eigenvalue weighted by molar-refractivity contribution is 0.0938. The standard InChI is InChI=1S/C18H24F2N2O/c19-18(20)11-15(18)13-7-3-4-8-14(13)16(23)22-12-17(21)9-5-1-2-6-10-17/h3-4,7-8,15H,1-2,5-6,9-12,21H2,(H,22,23). The Kier molecular flexibility index (Phi) is 4.41. The summed E-state index contributed by atoms with van der Waals surface area (Å²) in [4.78, 5) is 12.5. The molecule has 0 spiro atoms. The summed E-state index contributed by atoms with van der Waals surface area (Å²) in [5.74, 6) is -3.79. The second kappa shape index (κ2) is 6.19. The molecular formula is C18H24F2N2O. The van der Waals surface area contributed by atoms with Crippen molar-refractivity contribution in [3.05, 3.63) is 35.4 Å². The van der Waals surface area contributed by atoms with Gasteiger partial charge in [0.25, 0.3) is 11.8 Å². The Labute approximate surface area is 135 Å². The lowest BCUT2D eigenvalue weighted by Crippen LogP contribution is -2.49. The van der Waals surface area contributed by atoms with Gasteiger partial charge in [-0.15, -0.1) is 0 Å². The number of carbonyl (C=O) groups excluding carboxylic acids is 1. The molecule has 0 heterocycles. The predicted molar refractivity (Wildman–Crippen MR) is 85.7 cm³/mol. The van der Waals surface area contributed by atoms with E-state index in [0.717, 1.165) is 25.7 Å². The second-order valence-electron chi connectivity index (χ2n) is 7.06. The molecule has 2 aliphatic carbocycles. The van der Waals surface area contributed by atoms with Gasteiger partial charge in [0, 0.05) is 24.1 Å². The molecule has 3 nitrogen and oxygen atoms in total. The fourth-order valence-corrected chi connectivity index (χ4v) is 3.52. The summed E-state index contributed by atoms with van der Waals surface area (Å²) >= 11 is 0. The van der Waals surface area contributed by atoms with Gasteiger partial charge in [-0.3, -0.25) is 4.79 Å². The van der Waals surface area contributed by atoms with Crippen LogP contribution in [0.15, 0.2) is 24.3 Å². The lowest BCUT2D eigenvalue weighted by Gasteiger charge is -2.28. The maximum Gasteiger partial charge on any atom is 0.255 e. The number of hydrogen-bond donors (Lipinski definition) is 2. The smallest absolute Gasteiger partial charge is 0.255 e. The van der Waals surface area contributed by atoms with Gasteiger partial charge in [0.2, 0.25) is 0 Å². The zero-order chi connectivity index (χ0) is 16.5. The third-order valence-electron chi connectivity index (χ3n) is 5.11. The van der Waals surface area contributed by atoms with Crippen molar-refractivity contribution in [2.75, 3.05) is 6.54 Å². The van der Waals surface area contributed by atoms with E-state index in [0.29, 0.717) is 17.7 Å². The highest BCUT2D eigenvalue weighted by molar-refractivity contribution is 5.96. The average molecular weight is 322 g/mol. The lowest BCUT2D eigenvalue weighted by atomic mass is 9.91. The molecule has 0 aromatic heterocycles. The highest BCUT2D eigenvalue weighted by Crippen LogP contribution is 2.56. The van der Waals surface area contributed by atoms with Gasteiger partial charge in [0.15, 0.2) is 0 Å². The number of nitrogens with one attached hydrogen (secondary N) is 1. The van der Waals surface area contributed by atoms with Crippen LogP contribution in [0, 0.1) is 0 Å². The van der Waals surface area contributed by atoms with Gasteiger partial charge in [-0.1, -0.05) is 43.9 Å². The van der Waals surface area contributed by atoms with Gasteiger partial charge >= 0.3 is 0 Å². The number of hydrogen-bond acceptors (Lipinski definition) is 2. The minimum absolute atomic E-state index is 0.169. The van der Waals surface area contributed by atoms with Gasteiger partial charge < -0.3 is 11.1 Å². The number of halogens is 2. The number of nitrogens with two attached hydrogens (primary N) is 1. The molecule has 1 aromatic carbocycles. The molecule has 0 saturated heterocycles. The molecule has 0 bridgehead atoms. The fourth-order valence-electron chi connectivity index (χ4n) is 3.52. The van der Waals surface area contributed by atoms with Crippen molar-refractivity contribution in [1.82, 2.24) is 5.32 Å². The Hall–Kier alpha value is -1.49. The molecule has 3 N–H and O–H groups in total. The van der Waals surface area contributed by atoms with Crippen molar-refractivity contribution in [2.24, 2.45) is 5.73 Å². The maximum absolute atomic E-state index is 13.4. The van der Waals surface area contributed by atoms with E-state index in [1.807, 2.05) is 0 Å². The van der Waals surface area contributed by atoms with E-state index in [-0.39, 0.29) is 17.9 Å². The number of rotatable bonds is 4. The quantitative estimate of drug-likeness (QED) is 0.832. The van der Waals surface area contributed by atoms with E-state index >= 15 is 0 Å². The van der Waals surface area contributed by atoms with Gasteiger partial charge in [-0.25, -0.2) is 8.78 Å². The van der Waals surface area contributed by atoms with Crippen LogP contribution in [0.5, 0.6) is 0 Å². The summed E-state index contributed by atoms with van der Waals surface area (Å²) in [6.07, 6.45) is 6.16. The number of benzene rings is 1. The Morgan fingerprint density at radius 1 is 1.17 bits per heavy atom. The molecule has 2 saturated carbocycles. The SMILES string of the molecule is NC1(CNC(=O)c2ccccc2C2CC2(F)F)CCCCCC1. The van der Waals surface area contributed by atoms with E-state index < -0.39 is 11.8 Å². The van der Waals surface area contributed by atoms with E-state index in [1.54, 1.807) is 24.3 Å². The van der Waals surface area contributed by atoms with E-state index in [9.17, 15) is 13.6 Å². The summed E-state index contributed by atoms with van der Waals surface area (Å²) < 4.78 is 26.7. The van der Waals surface area contributed by atoms with Crippen LogP contribution in [0.2, 0.25) is 0 Å². The zero-order valence-electron chi connectivity index (χ0n) is 13.3. The summed E-state index contributed by atoms with van der Waals surface area (Å²) in [7, 11) is 0. The van der Waals surface area contributed by atoms with Crippen molar-refractivity contribution < 1.29 is 13.6 Å². The molecule has 2 aliphatic rings. The highest BCUT2D eigenvalue weighted by Gasteiger charge is 2.58. The van der Waals surface area contributed by atoms with Crippen LogP contribution in [0.25, 0.3) is 0 Å². The summed E-state index contributed by atoms with van der Waals surface area (Å²) in [5, 5.41) is 2.88. The molecule has 0 radical (unpaired) electrons. The minimum Gasteiger partial charge on any atom is -0.350 e. The van der Waals surface area contributed by atoms with Gasteiger partial charge in [0.05, 0.1) is 5.92 Å². The van der Waals surface area contributed by atoms with E-state index in [1.165, 1.54) is 12.8 Å². The van der Waals surface area contributed by atoms with Gasteiger partial charge in [0.1, 0.15) is 0 Å². The Morgan fingerprint density at radius 2 is 1.78 bits per heavy atom. The molecule has 2 fully saturated rings. The highest BCUT2D eigenvalue weighted by atomic mass is 19.3. The van der Waals surface area contributed by atoms with E-state index in [2.05, 4.69) is 5.32 Å². The first-order valence-electron chi connectivity index (χ1n) is 8.45. The van der Waals surface area contributed by atoms with Crippen LogP contribution >= 0.6 is 0 Å². The van der Waals surface area contributed by atoms with Crippen molar-refractivity contribution >= 4 is 5.91 Å². The van der Waals surface area contributed by atoms with Crippen molar-refractivity contribution in [3.8, 4) is 0 Å². The molecule has 23 heavy (non-hydrogen) atoms. The molecule has 126 valence electrons. The Bertz CT molecular complexity index is 580. The van der Waals surface area contributed by atoms with Crippen molar-refractivity contribution in [1.29, 1.82) is 0 Å². The monoisotopic (exact) mass is 322 g/mol. The largest absolute Gasteiger partial charge is 0.350 e. The first kappa shape index (κ1) is 16.4. The van der Waals surface area contributed by atoms with Gasteiger partial charge in [-0.05, 0) is 24.5 Å². The maximum atomic E-state index is 13.4. The number of alkyl halides is 2. The molecule has 1 amide bonds. The second-order valence-corrected chi connectivity index (χ2v) is 7.06.